The van der Waals surface area contributed by atoms with Gasteiger partial charge in [0.25, 0.3) is 0 Å². The van der Waals surface area contributed by atoms with Gasteiger partial charge in [-0.25, -0.2) is 0 Å². The Morgan fingerprint density at radius 1 is 0.211 bits per heavy atom. The van der Waals surface area contributed by atoms with Crippen LogP contribution >= 0.6 is 0 Å². The van der Waals surface area contributed by atoms with Gasteiger partial charge < -0.3 is 136 Å². The van der Waals surface area contributed by atoms with Crippen molar-refractivity contribution < 1.29 is 62.3 Å². The predicted molar refractivity (Wildman–Crippen MR) is 496 cm³/mol. The minimum Gasteiger partial charge on any atom is -0.370 e. The number of carbonyl (C=O) groups is 13. The van der Waals surface area contributed by atoms with Crippen molar-refractivity contribution in [3.63, 3.8) is 0 Å². The van der Waals surface area contributed by atoms with Crippen LogP contribution in [0.5, 0.6) is 0 Å². The number of primary amides is 1. The molecule has 0 aliphatic rings. The molecule has 0 bridgehead atoms. The summed E-state index contributed by atoms with van der Waals surface area (Å²) < 4.78 is 0. The molecule has 0 aromatic rings. The smallest absolute Gasteiger partial charge is 0.243 e. The van der Waals surface area contributed by atoms with Crippen molar-refractivity contribution in [3.05, 3.63) is 0 Å². The molecule has 0 saturated carbocycles. The molecule has 0 aromatic heterocycles. The lowest BCUT2D eigenvalue weighted by Crippen LogP contribution is -2.61. The maximum atomic E-state index is 15.0. The molecule has 0 heterocycles. The van der Waals surface area contributed by atoms with Gasteiger partial charge in [0.2, 0.25) is 76.8 Å². The standard InChI is InChI=1S/C84H163N31O13/c1-14-15-16-17-18-19-20-21-22-35-66(116)104-61(43-49(4)5)74(124)108-54(29-23-36-98-79(86)87)68(118)106-58(33-27-40-102-83(94)95)72(122)112-64(46-52(10)11)77(127)115-63(45-51(8)9)76(126)110-56(31-25-38-100-81(90)91)70(120)107-59(34-28-41-103-84(96)97)73(123)113-65(47-53(12)13)78(128)114-62(44-50(6)7)75(125)109-55(30-24-37-99-80(88)89)69(119)105-57(32-26-39-101-82(92)93)71(121)111-60(67(85)117)42-48(2)3/h48-65H,14-47H2,1-13H3,(H2,85,117)(H,104,116)(H,105,119)(H,106,118)(H,107,120)(H,108,124)(H,109,125)(H,110,126)(H,111,121)(H,112,122)(H,113,123)(H,114,128)(H,115,127)(H4,86,87,98)(H4,88,89,99)(H4,90,91,100)(H4,92,93,101)(H4,94,95,102)(H4,96,97,103)/t54-,55-,56-,57-,58-,59-,60+,61+,62+,63+,64+,65+/m0/s1. The van der Waals surface area contributed by atoms with Crippen molar-refractivity contribution in [3.8, 4) is 0 Å². The average molecular weight is 1820 g/mol. The van der Waals surface area contributed by atoms with E-state index in [1.807, 2.05) is 27.7 Å². The summed E-state index contributed by atoms with van der Waals surface area (Å²) in [5.74, 6) is -13.8. The van der Waals surface area contributed by atoms with E-state index in [0.29, 0.717) is 6.42 Å². The van der Waals surface area contributed by atoms with Crippen molar-refractivity contribution in [1.29, 1.82) is 32.5 Å². The molecule has 0 fully saturated rings. The Balaban J connectivity index is 7.71. The summed E-state index contributed by atoms with van der Waals surface area (Å²) >= 11 is 0. The Morgan fingerprint density at radius 3 is 0.547 bits per heavy atom. The van der Waals surface area contributed by atoms with Crippen LogP contribution in [0.4, 0.5) is 0 Å². The first kappa shape index (κ1) is 117. The monoisotopic (exact) mass is 1810 g/mol. The van der Waals surface area contributed by atoms with E-state index in [1.54, 1.807) is 55.4 Å². The second-order valence-corrected chi connectivity index (χ2v) is 35.4. The summed E-state index contributed by atoms with van der Waals surface area (Å²) in [7, 11) is 0. The van der Waals surface area contributed by atoms with Crippen molar-refractivity contribution in [2.45, 2.75) is 342 Å². The number of unbranched alkanes of at least 4 members (excludes halogenated alkanes) is 8. The third kappa shape index (κ3) is 56.7. The number of carbonyl (C=O) groups excluding carboxylic acids is 13. The topological polar surface area (TPSA) is 764 Å². The second kappa shape index (κ2) is 66.2. The van der Waals surface area contributed by atoms with E-state index in [1.165, 1.54) is 19.3 Å². The van der Waals surface area contributed by atoms with Gasteiger partial charge in [0.05, 0.1) is 0 Å². The van der Waals surface area contributed by atoms with E-state index >= 15 is 9.59 Å². The minimum absolute atomic E-state index is 0.0157. The Morgan fingerprint density at radius 2 is 0.367 bits per heavy atom. The number of nitrogens with two attached hydrogens (primary N) is 7. The van der Waals surface area contributed by atoms with Crippen molar-refractivity contribution in [2.24, 2.45) is 75.6 Å². The number of rotatable bonds is 70. The zero-order valence-corrected chi connectivity index (χ0v) is 78.3. The molecule has 38 N–H and O–H groups in total. The molecule has 0 aliphatic heterocycles. The van der Waals surface area contributed by atoms with E-state index in [9.17, 15) is 52.7 Å². The quantitative estimate of drug-likeness (QED) is 0.0199. The summed E-state index contributed by atoms with van der Waals surface area (Å²) in [6, 6.07) is -16.2. The summed E-state index contributed by atoms with van der Waals surface area (Å²) in [5, 5.41) is 95.4. The van der Waals surface area contributed by atoms with Gasteiger partial charge >= 0.3 is 0 Å². The molecule has 44 nitrogen and oxygen atoms in total. The van der Waals surface area contributed by atoms with Crippen LogP contribution < -0.4 is 136 Å². The summed E-state index contributed by atoms with van der Waals surface area (Å²) in [5.41, 5.74) is 39.2. The molecule has 0 saturated heterocycles. The molecule has 0 rings (SSSR count). The van der Waals surface area contributed by atoms with Crippen LogP contribution in [0.3, 0.4) is 0 Å². The van der Waals surface area contributed by atoms with Gasteiger partial charge in [0.1, 0.15) is 72.5 Å². The van der Waals surface area contributed by atoms with Crippen LogP contribution in [-0.2, 0) is 62.3 Å². The predicted octanol–water partition coefficient (Wildman–Crippen LogP) is -0.934. The fourth-order valence-corrected chi connectivity index (χ4v) is 13.9. The highest BCUT2D eigenvalue weighted by molar-refractivity contribution is 6.00. The van der Waals surface area contributed by atoms with Gasteiger partial charge in [0.15, 0.2) is 35.8 Å². The maximum Gasteiger partial charge on any atom is 0.243 e. The molecular formula is C84H163N31O13. The van der Waals surface area contributed by atoms with Gasteiger partial charge in [-0.15, -0.1) is 0 Å². The van der Waals surface area contributed by atoms with Crippen LogP contribution in [0, 0.1) is 68.0 Å². The summed E-state index contributed by atoms with van der Waals surface area (Å²) in [4.78, 5) is 188. The fourth-order valence-electron chi connectivity index (χ4n) is 13.9. The van der Waals surface area contributed by atoms with Crippen molar-refractivity contribution in [1.82, 2.24) is 95.7 Å². The first-order valence-electron chi connectivity index (χ1n) is 45.6. The first-order chi connectivity index (χ1) is 60.2. The van der Waals surface area contributed by atoms with Crippen LogP contribution in [0.2, 0.25) is 0 Å². The van der Waals surface area contributed by atoms with E-state index in [4.69, 9.17) is 72.6 Å². The minimum atomic E-state index is -1.50. The molecule has 0 spiro atoms. The lowest BCUT2D eigenvalue weighted by molar-refractivity contribution is -0.136. The third-order valence-corrected chi connectivity index (χ3v) is 20.3. The molecule has 0 unspecified atom stereocenters. The van der Waals surface area contributed by atoms with Crippen LogP contribution in [0.1, 0.15) is 270 Å². The van der Waals surface area contributed by atoms with Gasteiger partial charge in [-0.05, 0) is 158 Å². The van der Waals surface area contributed by atoms with E-state index in [2.05, 4.69) is 103 Å². The average Bonchev–Trinajstić information content (AvgIpc) is 0.849. The number of nitrogens with one attached hydrogen (secondary N) is 24. The largest absolute Gasteiger partial charge is 0.370 e. The Labute approximate surface area is 757 Å². The van der Waals surface area contributed by atoms with Gasteiger partial charge in [-0.2, -0.15) is 0 Å². The van der Waals surface area contributed by atoms with E-state index < -0.39 is 155 Å². The third-order valence-electron chi connectivity index (χ3n) is 20.3. The molecule has 44 heteroatoms. The van der Waals surface area contributed by atoms with Gasteiger partial charge in [-0.3, -0.25) is 94.8 Å². The van der Waals surface area contributed by atoms with Crippen molar-refractivity contribution >= 4 is 113 Å². The van der Waals surface area contributed by atoms with Crippen LogP contribution in [0.25, 0.3) is 0 Å². The Kier molecular flexibility index (Phi) is 60.3. The maximum absolute atomic E-state index is 15.0. The van der Waals surface area contributed by atoms with Crippen LogP contribution in [-0.4, -0.2) is 224 Å². The highest BCUT2D eigenvalue weighted by Crippen LogP contribution is 2.18. The molecule has 0 radical (unpaired) electrons. The van der Waals surface area contributed by atoms with E-state index in [-0.39, 0.29) is 227 Å². The highest BCUT2D eigenvalue weighted by atomic mass is 16.2. The first-order valence-corrected chi connectivity index (χ1v) is 45.6. The summed E-state index contributed by atoms with van der Waals surface area (Å²) in [6.45, 7) is 24.2. The molecule has 732 valence electrons. The number of guanidine groups is 6. The lowest BCUT2D eigenvalue weighted by Gasteiger charge is -2.30. The molecule has 128 heavy (non-hydrogen) atoms. The fraction of sp³-hybridized carbons (Fsp3) is 0.774. The second-order valence-electron chi connectivity index (χ2n) is 35.4. The van der Waals surface area contributed by atoms with Crippen molar-refractivity contribution in [2.75, 3.05) is 39.3 Å². The molecule has 0 aliphatic carbocycles. The number of amides is 13. The van der Waals surface area contributed by atoms with E-state index in [0.717, 1.165) is 32.1 Å². The number of hydrogen-bond donors (Lipinski definition) is 31. The SMILES string of the molecule is CCCCCCCCCCCC(=O)N[C@H](CC(C)C)C(=O)N[C@@H](CCCNC(=N)N)C(=O)N[C@@H](CCCNC(=N)N)C(=O)N[C@H](CC(C)C)C(=O)N[C@H](CC(C)C)C(=O)N[C@@H](CCCNC(=N)N)C(=O)N[C@@H](CCCNC(=N)N)C(=O)N[C@H](CC(C)C)C(=O)N[C@H](CC(C)C)C(=O)N[C@@H](CCCNC(=N)N)C(=O)N[C@@H](CCCNC(=N)N)C(=O)N[C@H](CC(C)C)C(N)=O. The Bertz CT molecular complexity index is 3470. The van der Waals surface area contributed by atoms with Gasteiger partial charge in [0, 0.05) is 45.7 Å². The van der Waals surface area contributed by atoms with Gasteiger partial charge in [-0.1, -0.05) is 141 Å². The van der Waals surface area contributed by atoms with Crippen LogP contribution in [0.15, 0.2) is 0 Å². The molecule has 13 amide bonds. The summed E-state index contributed by atoms with van der Waals surface area (Å²) in [6.07, 6.45) is 10.1. The molecular weight excluding hydrogens is 1650 g/mol. The Hall–Kier alpha value is -11.3. The number of hydrogen-bond acceptors (Lipinski definition) is 19. The highest BCUT2D eigenvalue weighted by Gasteiger charge is 2.38. The zero-order chi connectivity index (χ0) is 97.1. The normalized spacial score (nSPS) is 14.0. The lowest BCUT2D eigenvalue weighted by atomic mass is 9.98. The zero-order valence-electron chi connectivity index (χ0n) is 78.3. The molecule has 0 aromatic carbocycles. The molecule has 12 atom stereocenters.